The number of anilines is 1. The van der Waals surface area contributed by atoms with E-state index in [1.807, 2.05) is 0 Å². The number of phenols is 1. The van der Waals surface area contributed by atoms with Crippen molar-refractivity contribution < 1.29 is 5.11 Å². The van der Waals surface area contributed by atoms with Crippen LogP contribution in [0.1, 0.15) is 69.8 Å². The second-order valence-electron chi connectivity index (χ2n) is 11.7. The number of phenolic OH excluding ortho intramolecular Hbond substituents is 1. The summed E-state index contributed by atoms with van der Waals surface area (Å²) in [4.78, 5) is 7.15. The Bertz CT molecular complexity index is 876. The van der Waals surface area contributed by atoms with Gasteiger partial charge < -0.3 is 14.9 Å². The average Bonchev–Trinajstić information content (AvgIpc) is 2.69. The maximum atomic E-state index is 11.3. The van der Waals surface area contributed by atoms with Gasteiger partial charge in [0.1, 0.15) is 5.75 Å². The fourth-order valence-electron chi connectivity index (χ4n) is 4.61. The highest BCUT2D eigenvalue weighted by Crippen LogP contribution is 2.43. The second-order valence-corrected chi connectivity index (χ2v) is 11.7. The van der Waals surface area contributed by atoms with Crippen LogP contribution < -0.4 is 4.90 Å². The molecule has 2 aromatic rings. The van der Waals surface area contributed by atoms with E-state index in [2.05, 4.69) is 114 Å². The first-order valence-electron chi connectivity index (χ1n) is 11.9. The van der Waals surface area contributed by atoms with E-state index in [1.54, 1.807) is 0 Å². The van der Waals surface area contributed by atoms with Crippen LogP contribution in [0.4, 0.5) is 5.69 Å². The third kappa shape index (κ3) is 5.29. The second kappa shape index (κ2) is 9.07. The molecule has 0 saturated carbocycles. The molecule has 3 rings (SSSR count). The highest BCUT2D eigenvalue weighted by molar-refractivity contribution is 5.53. The molecule has 1 saturated heterocycles. The summed E-state index contributed by atoms with van der Waals surface area (Å²) in [5.74, 6) is 0.453. The number of aromatic hydroxyl groups is 1. The predicted molar refractivity (Wildman–Crippen MR) is 137 cm³/mol. The van der Waals surface area contributed by atoms with Crippen molar-refractivity contribution in [3.63, 3.8) is 0 Å². The monoisotopic (exact) mass is 437 g/mol. The standard InChI is InChI=1S/C28H43N3O/c1-27(2,3)23-18-21(19-24(26(23)32)28(4,5)6)25(31-16-14-30(9)15-17-31)20-10-12-22(13-11-20)29(7)8/h10-13,18-19,25,32H,14-17H2,1-9H3. The van der Waals surface area contributed by atoms with Crippen molar-refractivity contribution in [2.45, 2.75) is 58.4 Å². The average molecular weight is 438 g/mol. The van der Waals surface area contributed by atoms with Crippen LogP contribution >= 0.6 is 0 Å². The van der Waals surface area contributed by atoms with Gasteiger partial charge in [-0.25, -0.2) is 0 Å². The molecule has 0 spiro atoms. The van der Waals surface area contributed by atoms with Crippen LogP contribution in [-0.2, 0) is 10.8 Å². The summed E-state index contributed by atoms with van der Waals surface area (Å²) in [6.07, 6.45) is 0. The molecule has 4 nitrogen and oxygen atoms in total. The van der Waals surface area contributed by atoms with E-state index in [4.69, 9.17) is 0 Å². The molecule has 176 valence electrons. The number of nitrogens with zero attached hydrogens (tertiary/aromatic N) is 3. The first kappa shape index (κ1) is 24.6. The summed E-state index contributed by atoms with van der Waals surface area (Å²) in [7, 11) is 6.37. The summed E-state index contributed by atoms with van der Waals surface area (Å²) in [5.41, 5.74) is 5.59. The molecule has 1 unspecified atom stereocenters. The minimum Gasteiger partial charge on any atom is -0.507 e. The summed E-state index contributed by atoms with van der Waals surface area (Å²) in [5, 5.41) is 11.3. The van der Waals surface area contributed by atoms with E-state index in [1.165, 1.54) is 16.8 Å². The normalized spacial score (nSPS) is 17.4. The largest absolute Gasteiger partial charge is 0.507 e. The van der Waals surface area contributed by atoms with Gasteiger partial charge in [0.2, 0.25) is 0 Å². The molecule has 4 heteroatoms. The van der Waals surface area contributed by atoms with Crippen molar-refractivity contribution in [3.8, 4) is 5.75 Å². The molecule has 1 N–H and O–H groups in total. The molecule has 2 aromatic carbocycles. The SMILES string of the molecule is CN1CCN(C(c2ccc(N(C)C)cc2)c2cc(C(C)(C)C)c(O)c(C(C)(C)C)c2)CC1. The predicted octanol–water partition coefficient (Wildman–Crippen LogP) is 5.39. The third-order valence-corrected chi connectivity index (χ3v) is 6.69. The Morgan fingerprint density at radius 3 is 1.66 bits per heavy atom. The van der Waals surface area contributed by atoms with E-state index >= 15 is 0 Å². The molecular weight excluding hydrogens is 394 g/mol. The van der Waals surface area contributed by atoms with Crippen LogP contribution in [0, 0.1) is 0 Å². The Morgan fingerprint density at radius 2 is 1.25 bits per heavy atom. The number of hydrogen-bond acceptors (Lipinski definition) is 4. The summed E-state index contributed by atoms with van der Waals surface area (Å²) >= 11 is 0. The van der Waals surface area contributed by atoms with Crippen molar-refractivity contribution in [1.29, 1.82) is 0 Å². The van der Waals surface area contributed by atoms with Gasteiger partial charge in [0, 0.05) is 46.0 Å². The fraction of sp³-hybridized carbons (Fsp3) is 0.571. The van der Waals surface area contributed by atoms with Gasteiger partial charge in [-0.15, -0.1) is 0 Å². The zero-order chi connectivity index (χ0) is 23.8. The molecule has 0 aromatic heterocycles. The van der Waals surface area contributed by atoms with E-state index in [-0.39, 0.29) is 16.9 Å². The maximum absolute atomic E-state index is 11.3. The topological polar surface area (TPSA) is 30.0 Å². The van der Waals surface area contributed by atoms with Crippen LogP contribution in [0.25, 0.3) is 0 Å². The van der Waals surface area contributed by atoms with Crippen molar-refractivity contribution in [3.05, 3.63) is 58.7 Å². The van der Waals surface area contributed by atoms with Crippen LogP contribution in [-0.4, -0.2) is 62.2 Å². The molecule has 1 atom stereocenters. The first-order chi connectivity index (χ1) is 14.8. The van der Waals surface area contributed by atoms with Gasteiger partial charge in [0.05, 0.1) is 6.04 Å². The summed E-state index contributed by atoms with van der Waals surface area (Å²) < 4.78 is 0. The van der Waals surface area contributed by atoms with Crippen LogP contribution in [0.15, 0.2) is 36.4 Å². The maximum Gasteiger partial charge on any atom is 0.123 e. The lowest BCUT2D eigenvalue weighted by atomic mass is 9.77. The molecular formula is C28H43N3O. The van der Waals surface area contributed by atoms with Gasteiger partial charge in [-0.3, -0.25) is 4.90 Å². The quantitative estimate of drug-likeness (QED) is 0.695. The van der Waals surface area contributed by atoms with Crippen molar-refractivity contribution >= 4 is 5.69 Å². The van der Waals surface area contributed by atoms with E-state index < -0.39 is 0 Å². The Hall–Kier alpha value is -2.04. The van der Waals surface area contributed by atoms with Gasteiger partial charge in [-0.2, -0.15) is 0 Å². The molecule has 1 aliphatic rings. The Kier molecular flexibility index (Phi) is 6.97. The van der Waals surface area contributed by atoms with Gasteiger partial charge >= 0.3 is 0 Å². The number of likely N-dealkylation sites (N-methyl/N-ethyl adjacent to an activating group) is 1. The van der Waals surface area contributed by atoms with Crippen molar-refractivity contribution in [2.75, 3.05) is 52.2 Å². The van der Waals surface area contributed by atoms with Gasteiger partial charge in [0.15, 0.2) is 0 Å². The van der Waals surface area contributed by atoms with Gasteiger partial charge in [-0.05, 0) is 64.4 Å². The molecule has 0 bridgehead atoms. The van der Waals surface area contributed by atoms with Crippen LogP contribution in [0.3, 0.4) is 0 Å². The lowest BCUT2D eigenvalue weighted by Gasteiger charge is -2.39. The highest BCUT2D eigenvalue weighted by atomic mass is 16.3. The zero-order valence-electron chi connectivity index (χ0n) is 21.7. The molecule has 1 fully saturated rings. The van der Waals surface area contributed by atoms with E-state index in [9.17, 15) is 5.11 Å². The minimum atomic E-state index is -0.137. The summed E-state index contributed by atoms with van der Waals surface area (Å²) in [6, 6.07) is 13.7. The summed E-state index contributed by atoms with van der Waals surface area (Å²) in [6.45, 7) is 17.4. The van der Waals surface area contributed by atoms with Gasteiger partial charge in [0.25, 0.3) is 0 Å². The van der Waals surface area contributed by atoms with Crippen LogP contribution in [0.2, 0.25) is 0 Å². The molecule has 0 radical (unpaired) electrons. The number of benzene rings is 2. The Morgan fingerprint density at radius 1 is 0.781 bits per heavy atom. The van der Waals surface area contributed by atoms with E-state index in [0.29, 0.717) is 5.75 Å². The lowest BCUT2D eigenvalue weighted by molar-refractivity contribution is 0.127. The minimum absolute atomic E-state index is 0.137. The molecule has 1 aliphatic heterocycles. The molecule has 1 heterocycles. The molecule has 0 amide bonds. The Labute approximate surface area is 195 Å². The fourth-order valence-corrected chi connectivity index (χ4v) is 4.61. The number of piperazine rings is 1. The van der Waals surface area contributed by atoms with Crippen LogP contribution in [0.5, 0.6) is 5.75 Å². The van der Waals surface area contributed by atoms with Crippen molar-refractivity contribution in [1.82, 2.24) is 9.80 Å². The number of rotatable bonds is 4. The number of hydrogen-bond donors (Lipinski definition) is 1. The van der Waals surface area contributed by atoms with Crippen molar-refractivity contribution in [2.24, 2.45) is 0 Å². The third-order valence-electron chi connectivity index (χ3n) is 6.69. The first-order valence-corrected chi connectivity index (χ1v) is 11.9. The highest BCUT2D eigenvalue weighted by Gasteiger charge is 2.31. The van der Waals surface area contributed by atoms with Gasteiger partial charge in [-0.1, -0.05) is 53.7 Å². The smallest absolute Gasteiger partial charge is 0.123 e. The lowest BCUT2D eigenvalue weighted by Crippen LogP contribution is -2.46. The van der Waals surface area contributed by atoms with E-state index in [0.717, 1.165) is 37.3 Å². The zero-order valence-corrected chi connectivity index (χ0v) is 21.7. The molecule has 0 aliphatic carbocycles. The Balaban J connectivity index is 2.19. The molecule has 32 heavy (non-hydrogen) atoms.